The number of nitriles is 2. The van der Waals surface area contributed by atoms with E-state index in [9.17, 15) is 25.7 Å². The third-order valence-electron chi connectivity index (χ3n) is 4.20. The summed E-state index contributed by atoms with van der Waals surface area (Å²) in [6, 6.07) is 16.8. The van der Waals surface area contributed by atoms with Gasteiger partial charge in [-0.05, 0) is 29.8 Å². The molecule has 0 unspecified atom stereocenters. The number of hydrogen-bond donors (Lipinski definition) is 2. The van der Waals surface area contributed by atoms with Crippen molar-refractivity contribution in [3.8, 4) is 17.9 Å². The van der Waals surface area contributed by atoms with Gasteiger partial charge in [0.2, 0.25) is 0 Å². The van der Waals surface area contributed by atoms with Crippen molar-refractivity contribution in [3.63, 3.8) is 0 Å². The number of hydrogen-bond acceptors (Lipinski definition) is 8. The first-order valence-electron chi connectivity index (χ1n) is 8.14. The number of rotatable bonds is 4. The lowest BCUT2D eigenvalue weighted by atomic mass is 9.95. The molecule has 0 bridgehead atoms. The second-order valence-electron chi connectivity index (χ2n) is 5.94. The van der Waals surface area contributed by atoms with Crippen molar-refractivity contribution >= 4 is 23.2 Å². The van der Waals surface area contributed by atoms with Gasteiger partial charge >= 0.3 is 5.69 Å². The van der Waals surface area contributed by atoms with E-state index in [-0.39, 0.29) is 11.3 Å². The maximum absolute atomic E-state index is 11.0. The van der Waals surface area contributed by atoms with E-state index in [0.29, 0.717) is 11.3 Å². The number of nitro benzene ring substituents is 1. The van der Waals surface area contributed by atoms with Crippen molar-refractivity contribution in [1.29, 1.82) is 10.5 Å². The Kier molecular flexibility index (Phi) is 5.03. The van der Waals surface area contributed by atoms with Crippen LogP contribution in [0, 0.1) is 38.7 Å². The highest BCUT2D eigenvalue weighted by Gasteiger charge is 2.37. The van der Waals surface area contributed by atoms with E-state index in [1.807, 2.05) is 12.1 Å². The highest BCUT2D eigenvalue weighted by molar-refractivity contribution is 6.11. The van der Waals surface area contributed by atoms with E-state index in [1.54, 1.807) is 24.3 Å². The predicted octanol–water partition coefficient (Wildman–Crippen LogP) is 2.51. The van der Waals surface area contributed by atoms with Crippen molar-refractivity contribution in [2.75, 3.05) is 5.01 Å². The third-order valence-corrected chi connectivity index (χ3v) is 4.20. The molecule has 0 fully saturated rings. The number of nitro groups is 1. The van der Waals surface area contributed by atoms with Gasteiger partial charge in [-0.15, -0.1) is 0 Å². The van der Waals surface area contributed by atoms with Crippen molar-refractivity contribution < 1.29 is 10.0 Å². The van der Waals surface area contributed by atoms with Gasteiger partial charge in [0.15, 0.2) is 5.75 Å². The molecule has 0 spiro atoms. The highest BCUT2D eigenvalue weighted by Crippen LogP contribution is 2.30. The van der Waals surface area contributed by atoms with E-state index in [1.165, 1.54) is 23.2 Å². The van der Waals surface area contributed by atoms with E-state index < -0.39 is 28.4 Å². The first kappa shape index (κ1) is 18.6. The van der Waals surface area contributed by atoms with Crippen molar-refractivity contribution in [2.24, 2.45) is 16.8 Å². The van der Waals surface area contributed by atoms with Crippen LogP contribution in [0.25, 0.3) is 6.08 Å². The average Bonchev–Trinajstić information content (AvgIpc) is 3.03. The van der Waals surface area contributed by atoms with Crippen LogP contribution in [0.15, 0.2) is 59.2 Å². The zero-order valence-corrected chi connectivity index (χ0v) is 14.4. The summed E-state index contributed by atoms with van der Waals surface area (Å²) in [6.45, 7) is 0. The van der Waals surface area contributed by atoms with Gasteiger partial charge in [-0.2, -0.15) is 15.6 Å². The number of benzene rings is 2. The molecular weight excluding hydrogens is 360 g/mol. The van der Waals surface area contributed by atoms with E-state index in [0.717, 1.165) is 6.07 Å². The lowest BCUT2D eigenvalue weighted by Crippen LogP contribution is -2.40. The van der Waals surface area contributed by atoms with Gasteiger partial charge in [0.25, 0.3) is 0 Å². The summed E-state index contributed by atoms with van der Waals surface area (Å²) in [5.74, 6) is -1.34. The standard InChI is InChI=1S/C19H14N6O3/c20-10-13(8-12-6-7-17(26)16(9-12)25(27)28)18-15(11-21)19(22)24(23-18)14-4-2-1-3-5-14/h1-9,15,19,26H,22H2/b13-8-/t15-,19+/m0/s1. The number of phenols is 1. The molecule has 9 heteroatoms. The molecule has 3 N–H and O–H groups in total. The monoisotopic (exact) mass is 374 g/mol. The molecule has 2 aromatic rings. The Labute approximate surface area is 160 Å². The van der Waals surface area contributed by atoms with Gasteiger partial charge < -0.3 is 10.8 Å². The number of hydrazone groups is 1. The van der Waals surface area contributed by atoms with Gasteiger partial charge in [-0.3, -0.25) is 10.1 Å². The number of allylic oxidation sites excluding steroid dienone is 1. The summed E-state index contributed by atoms with van der Waals surface area (Å²) < 4.78 is 0. The second-order valence-corrected chi connectivity index (χ2v) is 5.94. The molecule has 0 saturated carbocycles. The fourth-order valence-corrected chi connectivity index (χ4v) is 2.82. The molecule has 1 aliphatic rings. The topological polar surface area (TPSA) is 153 Å². The molecule has 0 amide bonds. The quantitative estimate of drug-likeness (QED) is 0.473. The predicted molar refractivity (Wildman–Crippen MR) is 102 cm³/mol. The van der Waals surface area contributed by atoms with Crippen LogP contribution >= 0.6 is 0 Å². The Morgan fingerprint density at radius 2 is 2.00 bits per heavy atom. The minimum absolute atomic E-state index is 0.0559. The number of para-hydroxylation sites is 1. The van der Waals surface area contributed by atoms with Gasteiger partial charge in [-0.1, -0.05) is 24.3 Å². The number of phenolic OH excluding ortho intramolecular Hbond substituents is 1. The molecular formula is C19H14N6O3. The maximum atomic E-state index is 11.0. The minimum atomic E-state index is -0.863. The Bertz CT molecular complexity index is 1070. The summed E-state index contributed by atoms with van der Waals surface area (Å²) in [7, 11) is 0. The Morgan fingerprint density at radius 1 is 1.29 bits per heavy atom. The van der Waals surface area contributed by atoms with Crippen LogP contribution in [-0.4, -0.2) is 21.9 Å². The molecule has 138 valence electrons. The van der Waals surface area contributed by atoms with Crippen LogP contribution in [0.2, 0.25) is 0 Å². The molecule has 2 aromatic carbocycles. The van der Waals surface area contributed by atoms with Gasteiger partial charge in [-0.25, -0.2) is 5.01 Å². The first-order valence-corrected chi connectivity index (χ1v) is 8.14. The van der Waals surface area contributed by atoms with Crippen molar-refractivity contribution in [1.82, 2.24) is 0 Å². The van der Waals surface area contributed by atoms with Crippen LogP contribution in [0.4, 0.5) is 11.4 Å². The smallest absolute Gasteiger partial charge is 0.311 e. The number of aromatic hydroxyl groups is 1. The molecule has 0 aliphatic carbocycles. The maximum Gasteiger partial charge on any atom is 0.311 e. The SMILES string of the molecule is N#C/C(=C/c1ccc(O)c([N+](=O)[O-])c1)C1=NN(c2ccccc2)[C@@H](N)[C@H]1C#N. The third kappa shape index (κ3) is 3.38. The Balaban J connectivity index is 2.05. The molecule has 3 rings (SSSR count). The van der Waals surface area contributed by atoms with E-state index in [2.05, 4.69) is 11.2 Å². The summed E-state index contributed by atoms with van der Waals surface area (Å²) in [6.07, 6.45) is 0.588. The van der Waals surface area contributed by atoms with Crippen LogP contribution in [0.1, 0.15) is 5.56 Å². The average molecular weight is 374 g/mol. The van der Waals surface area contributed by atoms with Crippen LogP contribution in [-0.2, 0) is 0 Å². The van der Waals surface area contributed by atoms with Crippen LogP contribution in [0.3, 0.4) is 0 Å². The second kappa shape index (κ2) is 7.58. The molecule has 0 radical (unpaired) electrons. The minimum Gasteiger partial charge on any atom is -0.502 e. The largest absolute Gasteiger partial charge is 0.502 e. The van der Waals surface area contributed by atoms with Gasteiger partial charge in [0.05, 0.1) is 28.0 Å². The summed E-state index contributed by atoms with van der Waals surface area (Å²) in [5.41, 5.74) is 6.88. The van der Waals surface area contributed by atoms with Crippen LogP contribution < -0.4 is 10.7 Å². The fraction of sp³-hybridized carbons (Fsp3) is 0.105. The first-order chi connectivity index (χ1) is 13.5. The summed E-state index contributed by atoms with van der Waals surface area (Å²) >= 11 is 0. The summed E-state index contributed by atoms with van der Waals surface area (Å²) in [4.78, 5) is 10.3. The van der Waals surface area contributed by atoms with E-state index in [4.69, 9.17) is 5.73 Å². The Morgan fingerprint density at radius 3 is 2.61 bits per heavy atom. The molecule has 9 nitrogen and oxygen atoms in total. The molecule has 28 heavy (non-hydrogen) atoms. The van der Waals surface area contributed by atoms with Crippen molar-refractivity contribution in [3.05, 3.63) is 69.8 Å². The van der Waals surface area contributed by atoms with Gasteiger partial charge in [0.1, 0.15) is 18.2 Å². The van der Waals surface area contributed by atoms with E-state index >= 15 is 0 Å². The lowest BCUT2D eigenvalue weighted by Gasteiger charge is -2.21. The molecule has 1 heterocycles. The van der Waals surface area contributed by atoms with Crippen molar-refractivity contribution in [2.45, 2.75) is 6.17 Å². The zero-order valence-electron chi connectivity index (χ0n) is 14.4. The number of nitrogens with zero attached hydrogens (tertiary/aromatic N) is 5. The van der Waals surface area contributed by atoms with Crippen LogP contribution in [0.5, 0.6) is 5.75 Å². The Hall–Kier alpha value is -4.21. The molecule has 0 aromatic heterocycles. The normalized spacial score (nSPS) is 18.9. The van der Waals surface area contributed by atoms with Gasteiger partial charge in [0, 0.05) is 6.07 Å². The highest BCUT2D eigenvalue weighted by atomic mass is 16.6. The number of anilines is 1. The molecule has 0 saturated heterocycles. The number of nitrogens with two attached hydrogens (primary N) is 1. The molecule has 2 atom stereocenters. The zero-order chi connectivity index (χ0) is 20.3. The summed E-state index contributed by atoms with van der Waals surface area (Å²) in [5, 5.41) is 45.5. The lowest BCUT2D eigenvalue weighted by molar-refractivity contribution is -0.385. The molecule has 1 aliphatic heterocycles. The fourth-order valence-electron chi connectivity index (χ4n) is 2.82.